The molecule has 0 aromatic heterocycles. The maximum Gasteiger partial charge on any atom is 0.0740 e. The Hall–Kier alpha value is -0.303. The van der Waals surface area contributed by atoms with E-state index >= 15 is 0 Å². The lowest BCUT2D eigenvalue weighted by molar-refractivity contribution is 0.411. The Morgan fingerprint density at radius 1 is 0.458 bits per heavy atom. The van der Waals surface area contributed by atoms with Gasteiger partial charge in [-0.2, -0.15) is 0 Å². The first kappa shape index (κ1) is 17.1. The van der Waals surface area contributed by atoms with Crippen LogP contribution in [0.15, 0.2) is 24.3 Å². The van der Waals surface area contributed by atoms with E-state index in [-0.39, 0.29) is 0 Å². The molecule has 3 fully saturated rings. The molecule has 0 heterocycles. The Kier molecular flexibility index (Phi) is 5.66. The summed E-state index contributed by atoms with van der Waals surface area (Å²) in [6, 6.07) is 0. The van der Waals surface area contributed by atoms with Crippen molar-refractivity contribution in [1.82, 2.24) is 0 Å². The minimum Gasteiger partial charge on any atom is -0.0803 e. The number of hydrogen-bond acceptors (Lipinski definition) is 0. The zero-order chi connectivity index (χ0) is 16.2. The highest BCUT2D eigenvalue weighted by atomic mass is 28.3. The standard InChI is InChI=1S/C23H38Si/c1-4-12-20(13-5-1)24(23-18-10-11-19-23,21-14-6-2-7-15-21)22-16-8-3-9-17-22/h10-11,18-23H,1-9,12-17H2. The van der Waals surface area contributed by atoms with Gasteiger partial charge >= 0.3 is 0 Å². The molecule has 0 aliphatic heterocycles. The van der Waals surface area contributed by atoms with Crippen molar-refractivity contribution < 1.29 is 0 Å². The highest BCUT2D eigenvalue weighted by molar-refractivity contribution is 6.86. The van der Waals surface area contributed by atoms with Crippen LogP contribution in [0.25, 0.3) is 0 Å². The third-order valence-corrected chi connectivity index (χ3v) is 15.8. The average molecular weight is 343 g/mol. The van der Waals surface area contributed by atoms with Gasteiger partial charge in [0.05, 0.1) is 8.07 Å². The van der Waals surface area contributed by atoms with Gasteiger partial charge in [0.25, 0.3) is 0 Å². The first-order chi connectivity index (χ1) is 11.9. The van der Waals surface area contributed by atoms with Crippen LogP contribution in [0.1, 0.15) is 96.3 Å². The molecule has 24 heavy (non-hydrogen) atoms. The summed E-state index contributed by atoms with van der Waals surface area (Å²) in [6.45, 7) is 0. The Bertz CT molecular complexity index is 387. The third kappa shape index (κ3) is 3.11. The van der Waals surface area contributed by atoms with Crippen LogP contribution in [0.5, 0.6) is 0 Å². The van der Waals surface area contributed by atoms with Crippen molar-refractivity contribution in [3.63, 3.8) is 0 Å². The molecule has 4 rings (SSSR count). The summed E-state index contributed by atoms with van der Waals surface area (Å²) < 4.78 is 0. The average Bonchev–Trinajstić information content (AvgIpc) is 3.20. The minimum atomic E-state index is -1.33. The summed E-state index contributed by atoms with van der Waals surface area (Å²) in [7, 11) is -1.33. The van der Waals surface area contributed by atoms with Crippen molar-refractivity contribution in [2.45, 2.75) is 118 Å². The van der Waals surface area contributed by atoms with Crippen molar-refractivity contribution in [2.75, 3.05) is 0 Å². The Morgan fingerprint density at radius 3 is 1.12 bits per heavy atom. The fourth-order valence-corrected chi connectivity index (χ4v) is 16.1. The minimum absolute atomic E-state index is 0.895. The predicted molar refractivity (Wildman–Crippen MR) is 108 cm³/mol. The van der Waals surface area contributed by atoms with E-state index < -0.39 is 8.07 Å². The topological polar surface area (TPSA) is 0 Å². The van der Waals surface area contributed by atoms with Gasteiger partial charge in [0.2, 0.25) is 0 Å². The molecule has 0 aromatic carbocycles. The summed E-state index contributed by atoms with van der Waals surface area (Å²) in [5.41, 5.74) is 4.34. The van der Waals surface area contributed by atoms with E-state index in [2.05, 4.69) is 24.3 Å². The van der Waals surface area contributed by atoms with Crippen molar-refractivity contribution >= 4 is 8.07 Å². The van der Waals surface area contributed by atoms with E-state index in [0.29, 0.717) is 0 Å². The molecule has 0 nitrogen and oxygen atoms in total. The molecule has 0 aromatic rings. The van der Waals surface area contributed by atoms with E-state index in [0.717, 1.165) is 22.2 Å². The maximum absolute atomic E-state index is 2.67. The second kappa shape index (κ2) is 7.93. The summed E-state index contributed by atoms with van der Waals surface area (Å²) in [4.78, 5) is 0. The summed E-state index contributed by atoms with van der Waals surface area (Å²) in [5.74, 6) is 0. The molecule has 0 atom stereocenters. The van der Waals surface area contributed by atoms with E-state index in [1.165, 1.54) is 19.3 Å². The highest BCUT2D eigenvalue weighted by Gasteiger charge is 2.55. The van der Waals surface area contributed by atoms with Crippen LogP contribution in [-0.2, 0) is 0 Å². The van der Waals surface area contributed by atoms with E-state index in [9.17, 15) is 0 Å². The van der Waals surface area contributed by atoms with E-state index in [1.807, 2.05) is 0 Å². The molecule has 4 aliphatic carbocycles. The second-order valence-electron chi connectivity index (χ2n) is 9.30. The van der Waals surface area contributed by atoms with Gasteiger partial charge in [-0.3, -0.25) is 0 Å². The zero-order valence-electron chi connectivity index (χ0n) is 15.7. The smallest absolute Gasteiger partial charge is 0.0740 e. The molecule has 134 valence electrons. The molecule has 0 radical (unpaired) electrons. The van der Waals surface area contributed by atoms with Gasteiger partial charge in [0.15, 0.2) is 0 Å². The van der Waals surface area contributed by atoms with Crippen molar-refractivity contribution in [3.8, 4) is 0 Å². The monoisotopic (exact) mass is 342 g/mol. The molecule has 1 heteroatoms. The maximum atomic E-state index is 2.67. The van der Waals surface area contributed by atoms with Crippen LogP contribution in [0.3, 0.4) is 0 Å². The van der Waals surface area contributed by atoms with Crippen LogP contribution in [0.2, 0.25) is 22.2 Å². The predicted octanol–water partition coefficient (Wildman–Crippen LogP) is 7.93. The van der Waals surface area contributed by atoms with Crippen molar-refractivity contribution in [1.29, 1.82) is 0 Å². The van der Waals surface area contributed by atoms with Crippen molar-refractivity contribution in [2.24, 2.45) is 0 Å². The van der Waals surface area contributed by atoms with Gasteiger partial charge in [0.1, 0.15) is 0 Å². The normalized spacial score (nSPS) is 28.7. The zero-order valence-corrected chi connectivity index (χ0v) is 16.7. The van der Waals surface area contributed by atoms with Crippen molar-refractivity contribution in [3.05, 3.63) is 24.3 Å². The van der Waals surface area contributed by atoms with Gasteiger partial charge in [-0.25, -0.2) is 0 Å². The van der Waals surface area contributed by atoms with Crippen LogP contribution < -0.4 is 0 Å². The van der Waals surface area contributed by atoms with Crippen LogP contribution in [0.4, 0.5) is 0 Å². The van der Waals surface area contributed by atoms with Gasteiger partial charge < -0.3 is 0 Å². The Labute approximate surface area is 151 Å². The summed E-state index contributed by atoms with van der Waals surface area (Å²) >= 11 is 0. The highest BCUT2D eigenvalue weighted by Crippen LogP contribution is 2.62. The fraction of sp³-hybridized carbons (Fsp3) is 0.826. The quantitative estimate of drug-likeness (QED) is 0.455. The second-order valence-corrected chi connectivity index (χ2v) is 14.4. The van der Waals surface area contributed by atoms with Crippen LogP contribution in [-0.4, -0.2) is 8.07 Å². The summed E-state index contributed by atoms with van der Waals surface area (Å²) in [5, 5.41) is 0. The summed E-state index contributed by atoms with van der Waals surface area (Å²) in [6.07, 6.45) is 33.5. The SMILES string of the molecule is C1=CC([Si](C2CCCCC2)(C2CCCCC2)C2CCCCC2)C=C1. The van der Waals surface area contributed by atoms with Gasteiger partial charge in [-0.15, -0.1) is 0 Å². The lowest BCUT2D eigenvalue weighted by Gasteiger charge is -2.56. The van der Waals surface area contributed by atoms with E-state index in [1.54, 1.807) is 77.0 Å². The molecule has 3 saturated carbocycles. The van der Waals surface area contributed by atoms with Crippen LogP contribution >= 0.6 is 0 Å². The Morgan fingerprint density at radius 2 is 0.792 bits per heavy atom. The lowest BCUT2D eigenvalue weighted by Crippen LogP contribution is -2.53. The number of rotatable bonds is 4. The molecule has 0 amide bonds. The fourth-order valence-electron chi connectivity index (χ4n) is 7.39. The van der Waals surface area contributed by atoms with E-state index in [4.69, 9.17) is 0 Å². The largest absolute Gasteiger partial charge is 0.0803 e. The molecular weight excluding hydrogens is 304 g/mol. The van der Waals surface area contributed by atoms with Gasteiger partial charge in [-0.05, 0) is 22.2 Å². The van der Waals surface area contributed by atoms with Gasteiger partial charge in [-0.1, -0.05) is 121 Å². The first-order valence-corrected chi connectivity index (χ1v) is 13.6. The van der Waals surface area contributed by atoms with Crippen LogP contribution in [0, 0.1) is 0 Å². The Balaban J connectivity index is 1.73. The molecule has 0 bridgehead atoms. The van der Waals surface area contributed by atoms with Gasteiger partial charge in [0, 0.05) is 0 Å². The molecule has 0 N–H and O–H groups in total. The molecule has 0 unspecified atom stereocenters. The molecule has 0 saturated heterocycles. The first-order valence-electron chi connectivity index (χ1n) is 11.3. The molecule has 0 spiro atoms. The lowest BCUT2D eigenvalue weighted by atomic mass is 9.98. The number of allylic oxidation sites excluding steroid dienone is 4. The number of hydrogen-bond donors (Lipinski definition) is 0. The molecule has 4 aliphatic rings. The third-order valence-electron chi connectivity index (χ3n) is 8.26. The molecular formula is C23H38Si.